The predicted octanol–water partition coefficient (Wildman–Crippen LogP) is -3.02. The molecule has 0 saturated heterocycles. The highest BCUT2D eigenvalue weighted by Crippen LogP contribution is 2.11. The fraction of sp³-hybridized carbons (Fsp3) is 0.552. The first-order valence-corrected chi connectivity index (χ1v) is 14.6. The molecular weight excluding hydrogens is 608 g/mol. The smallest absolute Gasteiger partial charge is 0.328 e. The number of aliphatic hydroxyl groups excluding tert-OH is 2. The molecule has 17 nitrogen and oxygen atoms in total. The lowest BCUT2D eigenvalue weighted by Gasteiger charge is -2.29. The number of hydrogen-bond donors (Lipinski definition) is 10. The van der Waals surface area contributed by atoms with Gasteiger partial charge in [0.05, 0.1) is 25.3 Å². The summed E-state index contributed by atoms with van der Waals surface area (Å²) in [5.41, 5.74) is 6.22. The third-order valence-corrected chi connectivity index (χ3v) is 7.02. The Kier molecular flexibility index (Phi) is 16.9. The fourth-order valence-corrected chi connectivity index (χ4v) is 4.06. The van der Waals surface area contributed by atoms with Gasteiger partial charge in [-0.25, -0.2) is 4.79 Å². The average molecular weight is 653 g/mol. The van der Waals surface area contributed by atoms with Crippen LogP contribution in [0.25, 0.3) is 0 Å². The highest BCUT2D eigenvalue weighted by atomic mass is 16.4. The minimum absolute atomic E-state index is 0.0770. The minimum atomic E-state index is -1.61. The first-order valence-electron chi connectivity index (χ1n) is 14.6. The second-order valence-electron chi connectivity index (χ2n) is 10.7. The van der Waals surface area contributed by atoms with E-state index in [2.05, 4.69) is 26.6 Å². The van der Waals surface area contributed by atoms with Gasteiger partial charge in [0.15, 0.2) is 0 Å². The molecule has 0 heterocycles. The standard InChI is InChI=1S/C29H44N6O11/c1-4-15(2)23(27(43)33-20(14-36)29(45)46)35-26(42)19(12-17-8-6-5-7-9-17)32-28(44)24(16(3)37)34-21(38)13-31-25(41)18(30)10-11-22(39)40/h5-9,15-16,18-20,23-24,36-37H,4,10-14,30H2,1-3H3,(H,31,41)(H,32,44)(H,33,43)(H,34,38)(H,35,42)(H,39,40)(H,45,46)/t15-,16+,18-,19-,20-,23-,24-/m0/s1. The summed E-state index contributed by atoms with van der Waals surface area (Å²) in [7, 11) is 0. The normalized spacial score (nSPS) is 15.4. The van der Waals surface area contributed by atoms with E-state index in [4.69, 9.17) is 10.8 Å². The van der Waals surface area contributed by atoms with Crippen LogP contribution in [0.2, 0.25) is 0 Å². The Labute approximate surface area is 265 Å². The van der Waals surface area contributed by atoms with Crippen LogP contribution in [-0.2, 0) is 40.0 Å². The maximum atomic E-state index is 13.5. The lowest BCUT2D eigenvalue weighted by molar-refractivity contribution is -0.143. The van der Waals surface area contributed by atoms with Crippen LogP contribution < -0.4 is 32.3 Å². The van der Waals surface area contributed by atoms with Crippen LogP contribution in [0.1, 0.15) is 45.6 Å². The predicted molar refractivity (Wildman–Crippen MR) is 162 cm³/mol. The summed E-state index contributed by atoms with van der Waals surface area (Å²) in [4.78, 5) is 86.4. The van der Waals surface area contributed by atoms with Crippen molar-refractivity contribution in [3.05, 3.63) is 35.9 Å². The van der Waals surface area contributed by atoms with Gasteiger partial charge in [0, 0.05) is 12.8 Å². The quantitative estimate of drug-likeness (QED) is 0.0674. The maximum Gasteiger partial charge on any atom is 0.328 e. The van der Waals surface area contributed by atoms with Gasteiger partial charge in [0.2, 0.25) is 29.5 Å². The van der Waals surface area contributed by atoms with Gasteiger partial charge >= 0.3 is 11.9 Å². The van der Waals surface area contributed by atoms with Gasteiger partial charge in [0.1, 0.15) is 24.2 Å². The van der Waals surface area contributed by atoms with E-state index in [1.807, 2.05) is 0 Å². The fourth-order valence-electron chi connectivity index (χ4n) is 4.06. The van der Waals surface area contributed by atoms with Crippen LogP contribution in [0.3, 0.4) is 0 Å². The van der Waals surface area contributed by atoms with Crippen molar-refractivity contribution < 1.29 is 54.0 Å². The van der Waals surface area contributed by atoms with Crippen LogP contribution in [0.4, 0.5) is 0 Å². The summed E-state index contributed by atoms with van der Waals surface area (Å²) in [5.74, 6) is -7.50. The molecule has 0 saturated carbocycles. The van der Waals surface area contributed by atoms with Gasteiger partial charge in [-0.1, -0.05) is 50.6 Å². The number of nitrogens with two attached hydrogens (primary N) is 1. The molecule has 1 aromatic carbocycles. The first kappa shape index (κ1) is 39.4. The molecule has 46 heavy (non-hydrogen) atoms. The van der Waals surface area contributed by atoms with Crippen molar-refractivity contribution in [3.8, 4) is 0 Å². The third-order valence-electron chi connectivity index (χ3n) is 7.02. The number of carboxylic acid groups (broad SMARTS) is 2. The number of carbonyl (C=O) groups is 7. The van der Waals surface area contributed by atoms with Gasteiger partial charge in [-0.3, -0.25) is 28.8 Å². The van der Waals surface area contributed by atoms with E-state index in [0.29, 0.717) is 12.0 Å². The number of rotatable bonds is 20. The topological polar surface area (TPSA) is 287 Å². The molecule has 1 aromatic rings. The Morgan fingerprint density at radius 3 is 1.91 bits per heavy atom. The van der Waals surface area contributed by atoms with Crippen LogP contribution in [-0.4, -0.2) is 111 Å². The van der Waals surface area contributed by atoms with Crippen molar-refractivity contribution >= 4 is 41.5 Å². The molecule has 0 aliphatic heterocycles. The molecule has 0 unspecified atom stereocenters. The van der Waals surface area contributed by atoms with Crippen LogP contribution in [0.5, 0.6) is 0 Å². The van der Waals surface area contributed by atoms with E-state index in [0.717, 1.165) is 0 Å². The van der Waals surface area contributed by atoms with E-state index in [1.165, 1.54) is 6.92 Å². The van der Waals surface area contributed by atoms with Crippen LogP contribution in [0.15, 0.2) is 30.3 Å². The Morgan fingerprint density at radius 2 is 1.39 bits per heavy atom. The molecular formula is C29H44N6O11. The number of amides is 5. The summed E-state index contributed by atoms with van der Waals surface area (Å²) in [5, 5.41) is 49.2. The molecule has 5 amide bonds. The van der Waals surface area contributed by atoms with E-state index >= 15 is 0 Å². The molecule has 0 bridgehead atoms. The summed E-state index contributed by atoms with van der Waals surface area (Å²) >= 11 is 0. The van der Waals surface area contributed by atoms with Crippen LogP contribution in [0, 0.1) is 5.92 Å². The Balaban J connectivity index is 3.12. The van der Waals surface area contributed by atoms with Gasteiger partial charge in [0.25, 0.3) is 0 Å². The summed E-state index contributed by atoms with van der Waals surface area (Å²) in [6.45, 7) is 3.05. The second-order valence-corrected chi connectivity index (χ2v) is 10.7. The van der Waals surface area contributed by atoms with E-state index in [-0.39, 0.29) is 19.3 Å². The zero-order valence-electron chi connectivity index (χ0n) is 25.9. The summed E-state index contributed by atoms with van der Waals surface area (Å²) < 4.78 is 0. The zero-order valence-corrected chi connectivity index (χ0v) is 25.9. The van der Waals surface area contributed by atoms with Crippen molar-refractivity contribution in [1.82, 2.24) is 26.6 Å². The summed E-state index contributed by atoms with van der Waals surface area (Å²) in [6, 6.07) is 1.50. The number of carboxylic acids is 2. The number of carbonyl (C=O) groups excluding carboxylic acids is 5. The Morgan fingerprint density at radius 1 is 0.804 bits per heavy atom. The molecule has 0 spiro atoms. The SMILES string of the molecule is CC[C@H](C)[C@H](NC(=O)[C@H](Cc1ccccc1)NC(=O)[C@@H](NC(=O)CNC(=O)[C@@H](N)CCC(=O)O)[C@@H](C)O)C(=O)N[C@@H](CO)C(=O)O. The highest BCUT2D eigenvalue weighted by molar-refractivity contribution is 5.96. The second kappa shape index (κ2) is 19.7. The van der Waals surface area contributed by atoms with Crippen molar-refractivity contribution in [2.24, 2.45) is 11.7 Å². The van der Waals surface area contributed by atoms with Crippen LogP contribution >= 0.6 is 0 Å². The Hall–Kier alpha value is -4.61. The average Bonchev–Trinajstić information content (AvgIpc) is 3.01. The van der Waals surface area contributed by atoms with Gasteiger partial charge in [-0.15, -0.1) is 0 Å². The minimum Gasteiger partial charge on any atom is -0.481 e. The lowest BCUT2D eigenvalue weighted by Crippen LogP contribution is -2.61. The van der Waals surface area contributed by atoms with Crippen molar-refractivity contribution in [2.75, 3.05) is 13.2 Å². The molecule has 17 heteroatoms. The van der Waals surface area contributed by atoms with E-state index in [9.17, 15) is 48.9 Å². The highest BCUT2D eigenvalue weighted by Gasteiger charge is 2.34. The van der Waals surface area contributed by atoms with Gasteiger partial charge in [-0.2, -0.15) is 0 Å². The number of aliphatic hydroxyl groups is 2. The third kappa shape index (κ3) is 13.6. The number of nitrogens with one attached hydrogen (secondary N) is 5. The molecule has 11 N–H and O–H groups in total. The zero-order chi connectivity index (χ0) is 35.0. The first-order chi connectivity index (χ1) is 21.6. The van der Waals surface area contributed by atoms with Crippen molar-refractivity contribution in [2.45, 2.75) is 82.8 Å². The summed E-state index contributed by atoms with van der Waals surface area (Å²) in [6.07, 6.45) is -1.69. The van der Waals surface area contributed by atoms with E-state index in [1.54, 1.807) is 44.2 Å². The molecule has 0 aromatic heterocycles. The largest absolute Gasteiger partial charge is 0.481 e. The van der Waals surface area contributed by atoms with E-state index < -0.39 is 96.9 Å². The van der Waals surface area contributed by atoms with Crippen molar-refractivity contribution in [1.29, 1.82) is 0 Å². The van der Waals surface area contributed by atoms with Gasteiger partial charge in [-0.05, 0) is 24.8 Å². The number of aliphatic carboxylic acids is 2. The molecule has 0 aliphatic rings. The lowest BCUT2D eigenvalue weighted by atomic mass is 9.96. The molecule has 256 valence electrons. The monoisotopic (exact) mass is 652 g/mol. The maximum absolute atomic E-state index is 13.5. The molecule has 1 rings (SSSR count). The molecule has 0 radical (unpaired) electrons. The molecule has 7 atom stereocenters. The van der Waals surface area contributed by atoms with Gasteiger partial charge < -0.3 is 52.7 Å². The number of hydrogen-bond acceptors (Lipinski definition) is 10. The molecule has 0 fully saturated rings. The molecule has 0 aliphatic carbocycles. The number of benzene rings is 1. The Bertz CT molecular complexity index is 1210. The van der Waals surface area contributed by atoms with Crippen molar-refractivity contribution in [3.63, 3.8) is 0 Å².